The number of alkyl carbamates (subject to hydrolysis) is 1. The van der Waals surface area contributed by atoms with E-state index >= 15 is 0 Å². The van der Waals surface area contributed by atoms with Crippen LogP contribution < -0.4 is 10.6 Å². The van der Waals surface area contributed by atoms with Crippen molar-refractivity contribution >= 4 is 12.0 Å². The summed E-state index contributed by atoms with van der Waals surface area (Å²) in [6, 6.07) is 9.02. The molecule has 1 atom stereocenters. The Labute approximate surface area is 162 Å². The minimum Gasteiger partial charge on any atom is -0.444 e. The van der Waals surface area contributed by atoms with Gasteiger partial charge in [-0.2, -0.15) is 0 Å². The molecule has 2 N–H and O–H groups in total. The molecule has 2 amide bonds. The van der Waals surface area contributed by atoms with E-state index in [0.29, 0.717) is 13.0 Å². The molecule has 1 saturated heterocycles. The summed E-state index contributed by atoms with van der Waals surface area (Å²) in [5, 5.41) is 5.68. The fourth-order valence-electron chi connectivity index (χ4n) is 3.15. The van der Waals surface area contributed by atoms with Gasteiger partial charge in [-0.05, 0) is 65.2 Å². The second-order valence-electron chi connectivity index (χ2n) is 8.08. The zero-order valence-electron chi connectivity index (χ0n) is 16.8. The van der Waals surface area contributed by atoms with Crippen molar-refractivity contribution in [1.82, 2.24) is 15.5 Å². The molecule has 1 aliphatic rings. The Morgan fingerprint density at radius 1 is 1.15 bits per heavy atom. The van der Waals surface area contributed by atoms with E-state index in [1.165, 1.54) is 12.8 Å². The van der Waals surface area contributed by atoms with Crippen molar-refractivity contribution in [2.45, 2.75) is 58.1 Å². The minimum absolute atomic E-state index is 0.175. The molecule has 0 spiro atoms. The maximum Gasteiger partial charge on any atom is 0.408 e. The van der Waals surface area contributed by atoms with E-state index in [9.17, 15) is 9.59 Å². The van der Waals surface area contributed by atoms with Gasteiger partial charge < -0.3 is 20.3 Å². The highest BCUT2D eigenvalue weighted by Gasteiger charge is 2.24. The third-order valence-corrected chi connectivity index (χ3v) is 4.44. The molecule has 6 heteroatoms. The lowest BCUT2D eigenvalue weighted by atomic mass is 10.1. The summed E-state index contributed by atoms with van der Waals surface area (Å²) >= 11 is 0. The standard InChI is InChI=1S/C21H33N3O3/c1-21(2,3)27-20(26)23-18(16-17-10-5-4-6-11-17)19(25)22-12-9-15-24-13-7-8-14-24/h4-6,10-11,18H,7-9,12-16H2,1-3H3,(H,22,25)(H,23,26)/t18-/m0/s1. The predicted octanol–water partition coefficient (Wildman–Crippen LogP) is 2.72. The highest BCUT2D eigenvalue weighted by molar-refractivity contribution is 5.86. The van der Waals surface area contributed by atoms with Crippen LogP contribution in [0.1, 0.15) is 45.6 Å². The number of carbonyl (C=O) groups excluding carboxylic acids is 2. The van der Waals surface area contributed by atoms with Crippen molar-refractivity contribution in [1.29, 1.82) is 0 Å². The maximum atomic E-state index is 12.6. The first-order valence-corrected chi connectivity index (χ1v) is 9.87. The zero-order chi connectivity index (χ0) is 19.7. The largest absolute Gasteiger partial charge is 0.444 e. The summed E-state index contributed by atoms with van der Waals surface area (Å²) in [6.07, 6.45) is 3.31. The third-order valence-electron chi connectivity index (χ3n) is 4.44. The topological polar surface area (TPSA) is 70.7 Å². The van der Waals surface area contributed by atoms with Crippen LogP contribution in [0.15, 0.2) is 30.3 Å². The van der Waals surface area contributed by atoms with E-state index < -0.39 is 17.7 Å². The molecule has 0 unspecified atom stereocenters. The van der Waals surface area contributed by atoms with E-state index in [4.69, 9.17) is 4.74 Å². The van der Waals surface area contributed by atoms with Crippen LogP contribution in [-0.4, -0.2) is 54.7 Å². The van der Waals surface area contributed by atoms with Gasteiger partial charge in [-0.1, -0.05) is 30.3 Å². The maximum absolute atomic E-state index is 12.6. The van der Waals surface area contributed by atoms with Crippen molar-refractivity contribution in [3.05, 3.63) is 35.9 Å². The Morgan fingerprint density at radius 2 is 1.81 bits per heavy atom. The summed E-state index contributed by atoms with van der Waals surface area (Å²) in [4.78, 5) is 27.2. The highest BCUT2D eigenvalue weighted by Crippen LogP contribution is 2.09. The molecule has 1 aromatic rings. The van der Waals surface area contributed by atoms with Gasteiger partial charge in [0.2, 0.25) is 5.91 Å². The molecule has 0 saturated carbocycles. The molecule has 0 aliphatic carbocycles. The lowest BCUT2D eigenvalue weighted by molar-refractivity contribution is -0.123. The smallest absolute Gasteiger partial charge is 0.408 e. The van der Waals surface area contributed by atoms with Crippen LogP contribution in [0.4, 0.5) is 4.79 Å². The number of benzene rings is 1. The Morgan fingerprint density at radius 3 is 2.44 bits per heavy atom. The van der Waals surface area contributed by atoms with Gasteiger partial charge >= 0.3 is 6.09 Å². The Hall–Kier alpha value is -2.08. The normalized spacial score (nSPS) is 16.0. The quantitative estimate of drug-likeness (QED) is 0.686. The van der Waals surface area contributed by atoms with Gasteiger partial charge in [-0.15, -0.1) is 0 Å². The van der Waals surface area contributed by atoms with Crippen LogP contribution in [0.3, 0.4) is 0 Å². The van der Waals surface area contributed by atoms with E-state index in [1.54, 1.807) is 20.8 Å². The molecule has 0 radical (unpaired) electrons. The summed E-state index contributed by atoms with van der Waals surface area (Å²) in [5.41, 5.74) is 0.388. The average molecular weight is 376 g/mol. The molecule has 150 valence electrons. The Balaban J connectivity index is 1.86. The first-order valence-electron chi connectivity index (χ1n) is 9.87. The summed E-state index contributed by atoms with van der Waals surface area (Å²) in [6.45, 7) is 9.33. The molecule has 27 heavy (non-hydrogen) atoms. The number of nitrogens with zero attached hydrogens (tertiary/aromatic N) is 1. The van der Waals surface area contributed by atoms with Crippen molar-refractivity contribution < 1.29 is 14.3 Å². The average Bonchev–Trinajstić information content (AvgIpc) is 3.10. The van der Waals surface area contributed by atoms with Gasteiger partial charge in [-0.25, -0.2) is 4.79 Å². The van der Waals surface area contributed by atoms with Crippen LogP contribution in [0, 0.1) is 0 Å². The number of ether oxygens (including phenoxy) is 1. The highest BCUT2D eigenvalue weighted by atomic mass is 16.6. The summed E-state index contributed by atoms with van der Waals surface area (Å²) < 4.78 is 5.31. The molecule has 1 aliphatic heterocycles. The number of hydrogen-bond acceptors (Lipinski definition) is 4. The SMILES string of the molecule is CC(C)(C)OC(=O)N[C@@H](Cc1ccccc1)C(=O)NCCCN1CCCC1. The molecule has 0 aromatic heterocycles. The number of carbonyl (C=O) groups is 2. The zero-order valence-corrected chi connectivity index (χ0v) is 16.8. The molecular formula is C21H33N3O3. The molecule has 6 nitrogen and oxygen atoms in total. The van der Waals surface area contributed by atoms with Crippen molar-refractivity contribution in [3.63, 3.8) is 0 Å². The molecule has 2 rings (SSSR count). The van der Waals surface area contributed by atoms with Gasteiger partial charge in [0.1, 0.15) is 11.6 Å². The molecular weight excluding hydrogens is 342 g/mol. The molecule has 1 aromatic carbocycles. The van der Waals surface area contributed by atoms with E-state index in [1.807, 2.05) is 30.3 Å². The van der Waals surface area contributed by atoms with Gasteiger partial charge in [0.05, 0.1) is 0 Å². The second kappa shape index (κ2) is 10.3. The fraction of sp³-hybridized carbons (Fsp3) is 0.619. The van der Waals surface area contributed by atoms with Crippen LogP contribution in [0.25, 0.3) is 0 Å². The van der Waals surface area contributed by atoms with Crippen LogP contribution >= 0.6 is 0 Å². The molecule has 1 fully saturated rings. The van der Waals surface area contributed by atoms with Gasteiger partial charge in [0.15, 0.2) is 0 Å². The van der Waals surface area contributed by atoms with Gasteiger partial charge in [0.25, 0.3) is 0 Å². The number of hydrogen-bond donors (Lipinski definition) is 2. The Bertz CT molecular complexity index is 592. The van der Waals surface area contributed by atoms with Crippen molar-refractivity contribution in [2.75, 3.05) is 26.2 Å². The minimum atomic E-state index is -0.658. The number of amides is 2. The fourth-order valence-corrected chi connectivity index (χ4v) is 3.15. The number of likely N-dealkylation sites (tertiary alicyclic amines) is 1. The first-order chi connectivity index (χ1) is 12.8. The lowest BCUT2D eigenvalue weighted by Gasteiger charge is -2.23. The second-order valence-corrected chi connectivity index (χ2v) is 8.08. The van der Waals surface area contributed by atoms with Crippen LogP contribution in [0.5, 0.6) is 0 Å². The summed E-state index contributed by atoms with van der Waals surface area (Å²) in [7, 11) is 0. The summed E-state index contributed by atoms with van der Waals surface area (Å²) in [5.74, 6) is -0.175. The first kappa shape index (κ1) is 21.2. The third kappa shape index (κ3) is 8.43. The van der Waals surface area contributed by atoms with Crippen LogP contribution in [-0.2, 0) is 16.0 Å². The molecule has 1 heterocycles. The lowest BCUT2D eigenvalue weighted by Crippen LogP contribution is -2.49. The Kier molecular flexibility index (Phi) is 8.10. The van der Waals surface area contributed by atoms with E-state index in [0.717, 1.165) is 31.6 Å². The monoisotopic (exact) mass is 375 g/mol. The molecule has 0 bridgehead atoms. The van der Waals surface area contributed by atoms with Crippen molar-refractivity contribution in [3.8, 4) is 0 Å². The predicted molar refractivity (Wildman–Crippen MR) is 107 cm³/mol. The van der Waals surface area contributed by atoms with Crippen LogP contribution in [0.2, 0.25) is 0 Å². The van der Waals surface area contributed by atoms with Crippen molar-refractivity contribution in [2.24, 2.45) is 0 Å². The van der Waals surface area contributed by atoms with Gasteiger partial charge in [-0.3, -0.25) is 4.79 Å². The number of rotatable bonds is 8. The number of nitrogens with one attached hydrogen (secondary N) is 2. The van der Waals surface area contributed by atoms with E-state index in [2.05, 4.69) is 15.5 Å². The van der Waals surface area contributed by atoms with E-state index in [-0.39, 0.29) is 5.91 Å². The van der Waals surface area contributed by atoms with Gasteiger partial charge in [0, 0.05) is 13.0 Å².